The molecule has 2 aromatic carbocycles. The van der Waals surface area contributed by atoms with Gasteiger partial charge in [-0.1, -0.05) is 52.7 Å². The van der Waals surface area contributed by atoms with E-state index >= 15 is 0 Å². The highest BCUT2D eigenvalue weighted by atomic mass is 35.5. The molecule has 3 rings (SSSR count). The average molecular weight is 478 g/mol. The molecule has 1 aromatic heterocycles. The van der Waals surface area contributed by atoms with Crippen molar-refractivity contribution in [2.24, 2.45) is 7.05 Å². The molecule has 0 radical (unpaired) electrons. The highest BCUT2D eigenvalue weighted by Gasteiger charge is 2.15. The van der Waals surface area contributed by atoms with Crippen LogP contribution in [-0.2, 0) is 23.1 Å². The second-order valence-electron chi connectivity index (χ2n) is 6.97. The zero-order valence-corrected chi connectivity index (χ0v) is 19.5. The number of nitrogens with one attached hydrogen (secondary N) is 2. The molecule has 0 saturated carbocycles. The maximum Gasteiger partial charge on any atom is 0.234 e. The Labute approximate surface area is 194 Å². The maximum atomic E-state index is 12.4. The van der Waals surface area contributed by atoms with Crippen LogP contribution in [0.4, 0.5) is 11.4 Å². The van der Waals surface area contributed by atoms with Crippen molar-refractivity contribution in [2.45, 2.75) is 25.4 Å². The van der Waals surface area contributed by atoms with Crippen LogP contribution in [0, 0.1) is 13.8 Å². The number of hydrogen-bond acceptors (Lipinski definition) is 5. The number of amides is 2. The number of carbonyl (C=O) groups excluding carboxylic acids is 2. The van der Waals surface area contributed by atoms with E-state index in [1.807, 2.05) is 32.0 Å². The summed E-state index contributed by atoms with van der Waals surface area (Å²) >= 11 is 13.1. The van der Waals surface area contributed by atoms with Crippen molar-refractivity contribution in [2.75, 3.05) is 16.4 Å². The van der Waals surface area contributed by atoms with Gasteiger partial charge in [-0.15, -0.1) is 10.2 Å². The van der Waals surface area contributed by atoms with E-state index in [1.165, 1.54) is 11.8 Å². The molecule has 0 aliphatic heterocycles. The number of halogens is 2. The van der Waals surface area contributed by atoms with Gasteiger partial charge < -0.3 is 15.2 Å². The molecule has 0 unspecified atom stereocenters. The predicted molar refractivity (Wildman–Crippen MR) is 125 cm³/mol. The lowest BCUT2D eigenvalue weighted by atomic mass is 10.1. The van der Waals surface area contributed by atoms with E-state index < -0.39 is 0 Å². The van der Waals surface area contributed by atoms with E-state index in [2.05, 4.69) is 20.8 Å². The highest BCUT2D eigenvalue weighted by molar-refractivity contribution is 7.99. The molecule has 0 spiro atoms. The molecule has 0 aliphatic rings. The molecule has 2 N–H and O–H groups in total. The van der Waals surface area contributed by atoms with Gasteiger partial charge in [-0.3, -0.25) is 9.59 Å². The maximum absolute atomic E-state index is 12.4. The second kappa shape index (κ2) is 10.2. The summed E-state index contributed by atoms with van der Waals surface area (Å²) in [6.45, 7) is 3.95. The van der Waals surface area contributed by atoms with Gasteiger partial charge in [-0.2, -0.15) is 0 Å². The van der Waals surface area contributed by atoms with Crippen molar-refractivity contribution in [1.82, 2.24) is 14.8 Å². The molecule has 0 aliphatic carbocycles. The van der Waals surface area contributed by atoms with Crippen molar-refractivity contribution in [1.29, 1.82) is 0 Å². The van der Waals surface area contributed by atoms with Crippen LogP contribution in [0.1, 0.15) is 17.0 Å². The molecule has 1 heterocycles. The number of benzene rings is 2. The van der Waals surface area contributed by atoms with E-state index in [9.17, 15) is 9.59 Å². The number of nitrogens with zero attached hydrogens (tertiary/aromatic N) is 3. The van der Waals surface area contributed by atoms with Gasteiger partial charge >= 0.3 is 0 Å². The Morgan fingerprint density at radius 3 is 2.48 bits per heavy atom. The summed E-state index contributed by atoms with van der Waals surface area (Å²) in [5, 5.41) is 15.1. The molecule has 10 heteroatoms. The summed E-state index contributed by atoms with van der Waals surface area (Å²) in [5.74, 6) is 0.229. The van der Waals surface area contributed by atoms with Gasteiger partial charge in [-0.05, 0) is 43.7 Å². The Morgan fingerprint density at radius 1 is 1.00 bits per heavy atom. The summed E-state index contributed by atoms with van der Waals surface area (Å²) < 4.78 is 1.71. The largest absolute Gasteiger partial charge is 0.325 e. The first-order valence-electron chi connectivity index (χ1n) is 9.36. The highest BCUT2D eigenvalue weighted by Crippen LogP contribution is 2.25. The fourth-order valence-electron chi connectivity index (χ4n) is 2.82. The third-order valence-electron chi connectivity index (χ3n) is 4.44. The zero-order chi connectivity index (χ0) is 22.5. The molecule has 0 saturated heterocycles. The van der Waals surface area contributed by atoms with E-state index in [4.69, 9.17) is 23.2 Å². The third kappa shape index (κ3) is 6.22. The van der Waals surface area contributed by atoms with Crippen molar-refractivity contribution >= 4 is 58.2 Å². The Balaban J connectivity index is 1.55. The predicted octanol–water partition coefficient (Wildman–Crippen LogP) is 4.65. The first-order valence-corrected chi connectivity index (χ1v) is 11.1. The molecule has 31 heavy (non-hydrogen) atoms. The van der Waals surface area contributed by atoms with Gasteiger partial charge in [0.05, 0.1) is 22.2 Å². The monoisotopic (exact) mass is 477 g/mol. The summed E-state index contributed by atoms with van der Waals surface area (Å²) in [6, 6.07) is 10.7. The van der Waals surface area contributed by atoms with E-state index in [1.54, 1.807) is 29.8 Å². The van der Waals surface area contributed by atoms with Gasteiger partial charge in [0.25, 0.3) is 0 Å². The molecule has 3 aromatic rings. The van der Waals surface area contributed by atoms with Crippen LogP contribution in [0.15, 0.2) is 41.6 Å². The van der Waals surface area contributed by atoms with Gasteiger partial charge in [-0.25, -0.2) is 0 Å². The normalized spacial score (nSPS) is 10.7. The molecule has 2 amide bonds. The number of hydrogen-bond donors (Lipinski definition) is 2. The number of carbonyl (C=O) groups is 2. The lowest BCUT2D eigenvalue weighted by Crippen LogP contribution is -2.18. The molecule has 0 bridgehead atoms. The Kier molecular flexibility index (Phi) is 7.59. The Hall–Kier alpha value is -2.55. The van der Waals surface area contributed by atoms with Crippen LogP contribution >= 0.6 is 35.0 Å². The molecular weight excluding hydrogens is 457 g/mol. The first-order chi connectivity index (χ1) is 14.7. The van der Waals surface area contributed by atoms with Gasteiger partial charge in [0.2, 0.25) is 11.8 Å². The summed E-state index contributed by atoms with van der Waals surface area (Å²) in [4.78, 5) is 24.6. The molecule has 0 fully saturated rings. The minimum Gasteiger partial charge on any atom is -0.325 e. The Bertz CT molecular complexity index is 1130. The van der Waals surface area contributed by atoms with Crippen molar-refractivity contribution < 1.29 is 9.59 Å². The summed E-state index contributed by atoms with van der Waals surface area (Å²) in [7, 11) is 1.76. The van der Waals surface area contributed by atoms with E-state index in [0.717, 1.165) is 16.8 Å². The van der Waals surface area contributed by atoms with Gasteiger partial charge in [0.15, 0.2) is 5.16 Å². The number of thioether (sulfide) groups is 1. The number of anilines is 2. The molecular formula is C21H21Cl2N5O2S. The van der Waals surface area contributed by atoms with Crippen LogP contribution in [0.25, 0.3) is 0 Å². The van der Waals surface area contributed by atoms with Crippen molar-refractivity contribution in [3.8, 4) is 0 Å². The number of aromatic nitrogens is 3. The van der Waals surface area contributed by atoms with Crippen molar-refractivity contribution in [3.63, 3.8) is 0 Å². The quantitative estimate of drug-likeness (QED) is 0.483. The lowest BCUT2D eigenvalue weighted by molar-refractivity contribution is -0.116. The summed E-state index contributed by atoms with van der Waals surface area (Å²) in [6.07, 6.45) is 0.0762. The van der Waals surface area contributed by atoms with Gasteiger partial charge in [0, 0.05) is 18.4 Å². The fraction of sp³-hybridized carbons (Fsp3) is 0.238. The second-order valence-corrected chi connectivity index (χ2v) is 8.72. The number of aryl methyl sites for hydroxylation is 2. The summed E-state index contributed by atoms with van der Waals surface area (Å²) in [5.41, 5.74) is 3.46. The fourth-order valence-corrected chi connectivity index (χ4v) is 3.85. The van der Waals surface area contributed by atoms with Crippen LogP contribution in [0.2, 0.25) is 10.0 Å². The zero-order valence-electron chi connectivity index (χ0n) is 17.2. The van der Waals surface area contributed by atoms with E-state index in [-0.39, 0.29) is 24.0 Å². The molecule has 162 valence electrons. The van der Waals surface area contributed by atoms with Gasteiger partial charge in [0.1, 0.15) is 5.82 Å². The topological polar surface area (TPSA) is 88.9 Å². The van der Waals surface area contributed by atoms with Crippen LogP contribution in [0.3, 0.4) is 0 Å². The molecule has 0 atom stereocenters. The standard InChI is InChI=1S/C21H21Cl2N5O2S/c1-12-4-7-17(13(2)8-12)25-19(29)10-18-26-27-21(28(18)3)31-11-20(30)24-14-5-6-15(22)16(23)9-14/h4-9H,10-11H2,1-3H3,(H,24,30)(H,25,29). The number of rotatable bonds is 7. The van der Waals surface area contributed by atoms with Crippen LogP contribution < -0.4 is 10.6 Å². The van der Waals surface area contributed by atoms with Crippen molar-refractivity contribution in [3.05, 3.63) is 63.4 Å². The molecule has 7 nitrogen and oxygen atoms in total. The van der Waals surface area contributed by atoms with Crippen LogP contribution in [0.5, 0.6) is 0 Å². The van der Waals surface area contributed by atoms with Crippen LogP contribution in [-0.4, -0.2) is 32.3 Å². The Morgan fingerprint density at radius 2 is 1.77 bits per heavy atom. The third-order valence-corrected chi connectivity index (χ3v) is 6.19. The smallest absolute Gasteiger partial charge is 0.234 e. The average Bonchev–Trinajstić information content (AvgIpc) is 3.05. The lowest BCUT2D eigenvalue weighted by Gasteiger charge is -2.09. The minimum absolute atomic E-state index is 0.0762. The SMILES string of the molecule is Cc1ccc(NC(=O)Cc2nnc(SCC(=O)Nc3ccc(Cl)c(Cl)c3)n2C)c(C)c1. The first kappa shape index (κ1) is 23.1. The minimum atomic E-state index is -0.222. The van der Waals surface area contributed by atoms with E-state index in [0.29, 0.717) is 26.7 Å².